The predicted molar refractivity (Wildman–Crippen MR) is 83.0 cm³/mol. The average molecular weight is 280 g/mol. The standard InChI is InChI=1S/C18H17FN2/c19-12-5-6-18-16(8-12)17(10-21-18)15-7-11(9-20)13-3-1-2-4-14(13)15/h1-6,8,10-11,15,21H,7,9,20H2. The van der Waals surface area contributed by atoms with E-state index in [4.69, 9.17) is 5.73 Å². The minimum atomic E-state index is -0.190. The summed E-state index contributed by atoms with van der Waals surface area (Å²) in [6, 6.07) is 13.4. The van der Waals surface area contributed by atoms with Crippen LogP contribution in [0.4, 0.5) is 4.39 Å². The summed E-state index contributed by atoms with van der Waals surface area (Å²) >= 11 is 0. The van der Waals surface area contributed by atoms with Crippen LogP contribution in [0.25, 0.3) is 10.9 Å². The number of benzene rings is 2. The third-order valence-electron chi connectivity index (χ3n) is 4.67. The first-order chi connectivity index (χ1) is 10.3. The number of H-pyrrole nitrogens is 1. The summed E-state index contributed by atoms with van der Waals surface area (Å²) in [5.74, 6) is 0.500. The Hall–Kier alpha value is -2.13. The Morgan fingerprint density at radius 1 is 1.10 bits per heavy atom. The van der Waals surface area contributed by atoms with Crippen LogP contribution in [0.2, 0.25) is 0 Å². The molecule has 0 amide bonds. The molecule has 2 nitrogen and oxygen atoms in total. The van der Waals surface area contributed by atoms with Gasteiger partial charge in [-0.1, -0.05) is 24.3 Å². The first-order valence-corrected chi connectivity index (χ1v) is 7.33. The number of aromatic amines is 1. The minimum Gasteiger partial charge on any atom is -0.361 e. The molecule has 0 fully saturated rings. The lowest BCUT2D eigenvalue weighted by molar-refractivity contribution is 0.628. The van der Waals surface area contributed by atoms with Crippen LogP contribution in [-0.4, -0.2) is 11.5 Å². The predicted octanol–water partition coefficient (Wildman–Crippen LogP) is 3.88. The molecule has 0 radical (unpaired) electrons. The summed E-state index contributed by atoms with van der Waals surface area (Å²) in [4.78, 5) is 3.26. The lowest BCUT2D eigenvalue weighted by atomic mass is 9.92. The Labute approximate surface area is 122 Å². The highest BCUT2D eigenvalue weighted by Crippen LogP contribution is 2.46. The normalized spacial score (nSPS) is 20.9. The molecule has 21 heavy (non-hydrogen) atoms. The van der Waals surface area contributed by atoms with Crippen molar-refractivity contribution in [1.82, 2.24) is 4.98 Å². The summed E-state index contributed by atoms with van der Waals surface area (Å²) in [7, 11) is 0. The van der Waals surface area contributed by atoms with Gasteiger partial charge in [-0.3, -0.25) is 0 Å². The van der Waals surface area contributed by atoms with E-state index in [1.165, 1.54) is 22.8 Å². The smallest absolute Gasteiger partial charge is 0.123 e. The first-order valence-electron chi connectivity index (χ1n) is 7.33. The topological polar surface area (TPSA) is 41.8 Å². The molecule has 1 aromatic heterocycles. The maximum Gasteiger partial charge on any atom is 0.123 e. The maximum absolute atomic E-state index is 13.6. The molecule has 0 spiro atoms. The lowest BCUT2D eigenvalue weighted by Crippen LogP contribution is -2.09. The van der Waals surface area contributed by atoms with Crippen molar-refractivity contribution in [2.24, 2.45) is 5.73 Å². The number of hydrogen-bond donors (Lipinski definition) is 2. The Kier molecular flexibility index (Phi) is 2.82. The van der Waals surface area contributed by atoms with Crippen LogP contribution in [0.5, 0.6) is 0 Å². The quantitative estimate of drug-likeness (QED) is 0.735. The summed E-state index contributed by atoms with van der Waals surface area (Å²) in [5, 5.41) is 0.979. The summed E-state index contributed by atoms with van der Waals surface area (Å²) < 4.78 is 13.6. The monoisotopic (exact) mass is 280 g/mol. The van der Waals surface area contributed by atoms with Crippen molar-refractivity contribution in [3.8, 4) is 0 Å². The zero-order valence-corrected chi connectivity index (χ0v) is 11.6. The van der Waals surface area contributed by atoms with Gasteiger partial charge in [-0.2, -0.15) is 0 Å². The number of fused-ring (bicyclic) bond motifs is 2. The van der Waals surface area contributed by atoms with Crippen LogP contribution in [0.3, 0.4) is 0 Å². The fourth-order valence-electron chi connectivity index (χ4n) is 3.66. The minimum absolute atomic E-state index is 0.190. The molecular formula is C18H17FN2. The van der Waals surface area contributed by atoms with Crippen LogP contribution in [0, 0.1) is 5.82 Å². The van der Waals surface area contributed by atoms with Crippen LogP contribution in [0.15, 0.2) is 48.7 Å². The highest BCUT2D eigenvalue weighted by molar-refractivity contribution is 5.84. The van der Waals surface area contributed by atoms with E-state index in [2.05, 4.69) is 29.2 Å². The van der Waals surface area contributed by atoms with Gasteiger partial charge in [0.1, 0.15) is 5.82 Å². The van der Waals surface area contributed by atoms with E-state index in [0.29, 0.717) is 18.4 Å². The van der Waals surface area contributed by atoms with Crippen LogP contribution in [0.1, 0.15) is 34.9 Å². The number of nitrogens with two attached hydrogens (primary N) is 1. The van der Waals surface area contributed by atoms with Crippen LogP contribution < -0.4 is 5.73 Å². The molecule has 2 aromatic carbocycles. The van der Waals surface area contributed by atoms with Gasteiger partial charge in [-0.25, -0.2) is 4.39 Å². The van der Waals surface area contributed by atoms with Crippen molar-refractivity contribution < 1.29 is 4.39 Å². The molecular weight excluding hydrogens is 263 g/mol. The van der Waals surface area contributed by atoms with Crippen molar-refractivity contribution >= 4 is 10.9 Å². The summed E-state index contributed by atoms with van der Waals surface area (Å²) in [6.45, 7) is 0.657. The molecule has 1 aliphatic rings. The Balaban J connectivity index is 1.88. The largest absolute Gasteiger partial charge is 0.361 e. The summed E-state index contributed by atoms with van der Waals surface area (Å²) in [5.41, 5.74) is 10.8. The molecule has 1 heterocycles. The lowest BCUT2D eigenvalue weighted by Gasteiger charge is -2.11. The van der Waals surface area contributed by atoms with Crippen molar-refractivity contribution in [3.63, 3.8) is 0 Å². The number of rotatable bonds is 2. The molecule has 3 aromatic rings. The van der Waals surface area contributed by atoms with Gasteiger partial charge in [0, 0.05) is 23.0 Å². The third-order valence-corrected chi connectivity index (χ3v) is 4.67. The van der Waals surface area contributed by atoms with Gasteiger partial charge in [0.2, 0.25) is 0 Å². The van der Waals surface area contributed by atoms with Gasteiger partial charge in [0.15, 0.2) is 0 Å². The second kappa shape index (κ2) is 4.71. The highest BCUT2D eigenvalue weighted by Gasteiger charge is 2.32. The van der Waals surface area contributed by atoms with Gasteiger partial charge in [-0.15, -0.1) is 0 Å². The fraction of sp³-hybridized carbons (Fsp3) is 0.222. The molecule has 3 heteroatoms. The second-order valence-corrected chi connectivity index (χ2v) is 5.78. The zero-order valence-electron chi connectivity index (χ0n) is 11.6. The molecule has 3 N–H and O–H groups in total. The van der Waals surface area contributed by atoms with Crippen molar-refractivity contribution in [2.45, 2.75) is 18.3 Å². The number of hydrogen-bond acceptors (Lipinski definition) is 1. The van der Waals surface area contributed by atoms with Gasteiger partial charge >= 0.3 is 0 Å². The van der Waals surface area contributed by atoms with E-state index in [-0.39, 0.29) is 5.82 Å². The first kappa shape index (κ1) is 12.6. The van der Waals surface area contributed by atoms with Crippen LogP contribution in [-0.2, 0) is 0 Å². The maximum atomic E-state index is 13.6. The van der Waals surface area contributed by atoms with Gasteiger partial charge in [-0.05, 0) is 53.8 Å². The Morgan fingerprint density at radius 3 is 2.71 bits per heavy atom. The molecule has 106 valence electrons. The van der Waals surface area contributed by atoms with E-state index in [1.807, 2.05) is 6.20 Å². The number of halogens is 1. The van der Waals surface area contributed by atoms with E-state index >= 15 is 0 Å². The Morgan fingerprint density at radius 2 is 1.90 bits per heavy atom. The van der Waals surface area contributed by atoms with E-state index in [0.717, 1.165) is 17.3 Å². The molecule has 0 aliphatic heterocycles. The molecule has 0 saturated carbocycles. The molecule has 0 bridgehead atoms. The zero-order chi connectivity index (χ0) is 14.4. The molecule has 4 rings (SSSR count). The van der Waals surface area contributed by atoms with Gasteiger partial charge < -0.3 is 10.7 Å². The number of aromatic nitrogens is 1. The van der Waals surface area contributed by atoms with Gasteiger partial charge in [0.25, 0.3) is 0 Å². The SMILES string of the molecule is NCC1CC(c2c[nH]c3ccc(F)cc23)c2ccccc21. The fourth-order valence-corrected chi connectivity index (χ4v) is 3.66. The van der Waals surface area contributed by atoms with Crippen LogP contribution >= 0.6 is 0 Å². The van der Waals surface area contributed by atoms with Gasteiger partial charge in [0.05, 0.1) is 0 Å². The second-order valence-electron chi connectivity index (χ2n) is 5.78. The Bertz CT molecular complexity index is 806. The summed E-state index contributed by atoms with van der Waals surface area (Å²) in [6.07, 6.45) is 3.02. The molecule has 1 aliphatic carbocycles. The van der Waals surface area contributed by atoms with E-state index in [1.54, 1.807) is 12.1 Å². The average Bonchev–Trinajstić information content (AvgIpc) is 3.07. The third kappa shape index (κ3) is 1.88. The molecule has 2 atom stereocenters. The number of nitrogens with one attached hydrogen (secondary N) is 1. The molecule has 2 unspecified atom stereocenters. The highest BCUT2D eigenvalue weighted by atomic mass is 19.1. The van der Waals surface area contributed by atoms with Crippen molar-refractivity contribution in [1.29, 1.82) is 0 Å². The van der Waals surface area contributed by atoms with E-state index in [9.17, 15) is 4.39 Å². The molecule has 0 saturated heterocycles. The van der Waals surface area contributed by atoms with Crippen molar-refractivity contribution in [3.05, 3.63) is 71.2 Å². The van der Waals surface area contributed by atoms with E-state index < -0.39 is 0 Å². The van der Waals surface area contributed by atoms with Crippen molar-refractivity contribution in [2.75, 3.05) is 6.54 Å².